The van der Waals surface area contributed by atoms with E-state index in [1.807, 2.05) is 29.1 Å². The number of hydrogen-bond acceptors (Lipinski definition) is 4. The maximum absolute atomic E-state index is 12.3. The molecule has 1 aliphatic heterocycles. The number of carbonyl (C=O) groups is 1. The topological polar surface area (TPSA) is 87.6 Å². The summed E-state index contributed by atoms with van der Waals surface area (Å²) >= 11 is 6.07. The molecule has 0 bridgehead atoms. The Morgan fingerprint density at radius 1 is 1.33 bits per heavy atom. The lowest BCUT2D eigenvalue weighted by Crippen LogP contribution is -2.29. The number of amides is 1. The van der Waals surface area contributed by atoms with Crippen molar-refractivity contribution in [3.63, 3.8) is 0 Å². The van der Waals surface area contributed by atoms with Crippen molar-refractivity contribution < 1.29 is 4.79 Å². The number of halogens is 2. The molecule has 1 amide bonds. The molecule has 3 heterocycles. The van der Waals surface area contributed by atoms with Gasteiger partial charge in [0.05, 0.1) is 12.2 Å². The Morgan fingerprint density at radius 2 is 2.15 bits per heavy atom. The number of piperidine rings is 1. The van der Waals surface area contributed by atoms with Crippen molar-refractivity contribution in [2.24, 2.45) is 0 Å². The molecule has 1 aliphatic rings. The highest BCUT2D eigenvalue weighted by molar-refractivity contribution is 6.31. The molecule has 3 aromatic rings. The third-order valence-corrected chi connectivity index (χ3v) is 5.07. The lowest BCUT2D eigenvalue weighted by Gasteiger charge is -2.22. The molecule has 7 nitrogen and oxygen atoms in total. The van der Waals surface area contributed by atoms with E-state index in [1.54, 1.807) is 6.20 Å². The Kier molecular flexibility index (Phi) is 6.36. The molecule has 144 valence electrons. The van der Waals surface area contributed by atoms with E-state index in [0.717, 1.165) is 42.4 Å². The maximum Gasteiger partial charge on any atom is 0.273 e. The predicted molar refractivity (Wildman–Crippen MR) is 108 cm³/mol. The highest BCUT2D eigenvalue weighted by atomic mass is 35.5. The number of nitrogens with zero attached hydrogens (tertiary/aromatic N) is 3. The number of fused-ring (bicyclic) bond motifs is 1. The molecule has 0 radical (unpaired) electrons. The van der Waals surface area contributed by atoms with Gasteiger partial charge in [0.2, 0.25) is 0 Å². The van der Waals surface area contributed by atoms with Gasteiger partial charge in [-0.2, -0.15) is 0 Å². The molecule has 0 atom stereocenters. The van der Waals surface area contributed by atoms with Gasteiger partial charge in [-0.25, -0.2) is 4.68 Å². The zero-order valence-electron chi connectivity index (χ0n) is 14.7. The molecule has 3 N–H and O–H groups in total. The van der Waals surface area contributed by atoms with Gasteiger partial charge in [-0.3, -0.25) is 4.79 Å². The van der Waals surface area contributed by atoms with Crippen molar-refractivity contribution in [2.45, 2.75) is 25.3 Å². The molecule has 1 saturated heterocycles. The summed E-state index contributed by atoms with van der Waals surface area (Å²) in [4.78, 5) is 15.5. The monoisotopic (exact) mass is 408 g/mol. The van der Waals surface area contributed by atoms with Crippen LogP contribution < -0.4 is 10.6 Å². The maximum atomic E-state index is 12.3. The first-order valence-corrected chi connectivity index (χ1v) is 9.25. The minimum atomic E-state index is -0.192. The van der Waals surface area contributed by atoms with Crippen LogP contribution in [-0.2, 0) is 6.42 Å². The Bertz CT molecular complexity index is 916. The number of H-pyrrole nitrogens is 1. The van der Waals surface area contributed by atoms with Crippen LogP contribution in [0.5, 0.6) is 0 Å². The van der Waals surface area contributed by atoms with Gasteiger partial charge in [-0.15, -0.1) is 17.5 Å². The quantitative estimate of drug-likeness (QED) is 0.605. The number of hydrogen-bond donors (Lipinski definition) is 3. The van der Waals surface area contributed by atoms with Crippen LogP contribution in [0, 0.1) is 0 Å². The standard InChI is InChI=1S/C18H21ClN6O.ClH/c19-13-1-2-16-15(9-13)12(10-22-16)3-8-21-18(26)17-11-25(24-23-17)14-4-6-20-7-5-14;/h1-2,9-11,14,20,22H,3-8H2,(H,21,26);1H. The SMILES string of the molecule is Cl.O=C(NCCc1c[nH]c2ccc(Cl)cc12)c1cn(C2CCNCC2)nn1. The van der Waals surface area contributed by atoms with Gasteiger partial charge < -0.3 is 15.6 Å². The summed E-state index contributed by atoms with van der Waals surface area (Å²) in [5.41, 5.74) is 2.53. The van der Waals surface area contributed by atoms with Crippen molar-refractivity contribution >= 4 is 40.8 Å². The Morgan fingerprint density at radius 3 is 2.96 bits per heavy atom. The van der Waals surface area contributed by atoms with E-state index < -0.39 is 0 Å². The first-order chi connectivity index (χ1) is 12.7. The summed E-state index contributed by atoms with van der Waals surface area (Å²) in [7, 11) is 0. The molecule has 9 heteroatoms. The summed E-state index contributed by atoms with van der Waals surface area (Å²) in [5, 5.41) is 16.2. The summed E-state index contributed by atoms with van der Waals surface area (Å²) in [6.45, 7) is 2.47. The molecule has 1 fully saturated rings. The summed E-state index contributed by atoms with van der Waals surface area (Å²) in [6.07, 6.45) is 6.44. The molecule has 0 saturated carbocycles. The van der Waals surface area contributed by atoms with Crippen molar-refractivity contribution in [1.82, 2.24) is 30.6 Å². The molecule has 0 spiro atoms. The number of nitrogens with one attached hydrogen (secondary N) is 3. The summed E-state index contributed by atoms with van der Waals surface area (Å²) in [6, 6.07) is 6.08. The van der Waals surface area contributed by atoms with Gasteiger partial charge in [0.25, 0.3) is 5.91 Å². The van der Waals surface area contributed by atoms with Crippen LogP contribution in [-0.4, -0.2) is 45.5 Å². The van der Waals surface area contributed by atoms with E-state index >= 15 is 0 Å². The van der Waals surface area contributed by atoms with Crippen molar-refractivity contribution in [3.8, 4) is 0 Å². The van der Waals surface area contributed by atoms with Crippen LogP contribution >= 0.6 is 24.0 Å². The van der Waals surface area contributed by atoms with Gasteiger partial charge in [-0.1, -0.05) is 16.8 Å². The normalized spacial score (nSPS) is 14.9. The number of rotatable bonds is 5. The molecule has 1 aromatic carbocycles. The van der Waals surface area contributed by atoms with E-state index in [4.69, 9.17) is 11.6 Å². The molecule has 0 aliphatic carbocycles. The van der Waals surface area contributed by atoms with Crippen molar-refractivity contribution in [3.05, 3.63) is 46.9 Å². The van der Waals surface area contributed by atoms with Crippen LogP contribution in [0.15, 0.2) is 30.6 Å². The Hall–Kier alpha value is -2.09. The fourth-order valence-corrected chi connectivity index (χ4v) is 3.56. The van der Waals surface area contributed by atoms with E-state index in [9.17, 15) is 4.79 Å². The van der Waals surface area contributed by atoms with E-state index in [2.05, 4.69) is 25.9 Å². The van der Waals surface area contributed by atoms with Crippen LogP contribution in [0.1, 0.15) is 34.9 Å². The first-order valence-electron chi connectivity index (χ1n) is 8.87. The Balaban J connectivity index is 0.00000210. The van der Waals surface area contributed by atoms with Gasteiger partial charge in [0.1, 0.15) is 0 Å². The summed E-state index contributed by atoms with van der Waals surface area (Å²) < 4.78 is 1.82. The molecule has 4 rings (SSSR count). The summed E-state index contributed by atoms with van der Waals surface area (Å²) in [5.74, 6) is -0.192. The number of carbonyl (C=O) groups excluding carboxylic acids is 1. The third-order valence-electron chi connectivity index (χ3n) is 4.84. The largest absolute Gasteiger partial charge is 0.361 e. The minimum Gasteiger partial charge on any atom is -0.361 e. The van der Waals surface area contributed by atoms with Gasteiger partial charge in [-0.05, 0) is 56.1 Å². The molecule has 27 heavy (non-hydrogen) atoms. The minimum absolute atomic E-state index is 0. The smallest absolute Gasteiger partial charge is 0.273 e. The average Bonchev–Trinajstić information content (AvgIpc) is 3.30. The number of benzene rings is 1. The van der Waals surface area contributed by atoms with Crippen LogP contribution in [0.3, 0.4) is 0 Å². The third kappa shape index (κ3) is 4.43. The zero-order valence-corrected chi connectivity index (χ0v) is 16.3. The van der Waals surface area contributed by atoms with Gasteiger partial charge in [0, 0.05) is 28.7 Å². The lowest BCUT2D eigenvalue weighted by molar-refractivity contribution is 0.0949. The second kappa shape index (κ2) is 8.73. The molecular formula is C18H22Cl2N6O. The van der Waals surface area contributed by atoms with Crippen LogP contribution in [0.25, 0.3) is 10.9 Å². The molecular weight excluding hydrogens is 387 g/mol. The van der Waals surface area contributed by atoms with Crippen LogP contribution in [0.2, 0.25) is 5.02 Å². The van der Waals surface area contributed by atoms with Gasteiger partial charge >= 0.3 is 0 Å². The lowest BCUT2D eigenvalue weighted by atomic mass is 10.1. The second-order valence-electron chi connectivity index (χ2n) is 6.57. The highest BCUT2D eigenvalue weighted by Crippen LogP contribution is 2.22. The predicted octanol–water partition coefficient (Wildman–Crippen LogP) is 2.73. The van der Waals surface area contributed by atoms with E-state index in [0.29, 0.717) is 29.7 Å². The number of aromatic nitrogens is 4. The number of aromatic amines is 1. The van der Waals surface area contributed by atoms with Crippen molar-refractivity contribution in [1.29, 1.82) is 0 Å². The fourth-order valence-electron chi connectivity index (χ4n) is 3.39. The van der Waals surface area contributed by atoms with Gasteiger partial charge in [0.15, 0.2) is 5.69 Å². The van der Waals surface area contributed by atoms with E-state index in [-0.39, 0.29) is 18.3 Å². The van der Waals surface area contributed by atoms with Crippen LogP contribution in [0.4, 0.5) is 0 Å². The molecule has 0 unspecified atom stereocenters. The first kappa shape index (κ1) is 19.7. The highest BCUT2D eigenvalue weighted by Gasteiger charge is 2.18. The average molecular weight is 409 g/mol. The molecule has 2 aromatic heterocycles. The fraction of sp³-hybridized carbons (Fsp3) is 0.389. The second-order valence-corrected chi connectivity index (χ2v) is 7.01. The van der Waals surface area contributed by atoms with Crippen molar-refractivity contribution in [2.75, 3.05) is 19.6 Å². The zero-order chi connectivity index (χ0) is 17.9. The Labute approximate surface area is 168 Å². The van der Waals surface area contributed by atoms with E-state index in [1.165, 1.54) is 0 Å².